The summed E-state index contributed by atoms with van der Waals surface area (Å²) in [7, 11) is 0. The van der Waals surface area contributed by atoms with Crippen molar-refractivity contribution >= 4 is 11.6 Å². The smallest absolute Gasteiger partial charge is 0.135 e. The van der Waals surface area contributed by atoms with E-state index in [1.54, 1.807) is 6.07 Å². The summed E-state index contributed by atoms with van der Waals surface area (Å²) >= 11 is 0. The molecule has 0 aliphatic rings. The quantitative estimate of drug-likeness (QED) is 0.725. The monoisotopic (exact) mass is 238 g/mol. The summed E-state index contributed by atoms with van der Waals surface area (Å²) < 4.78 is 0. The standard InChI is InChI=1S/C12H22N4O/c1-7(2)9(6-17)14-11-5-10(13)15-12(16-11)8(3)4/h5,7-9,17H,6H2,1-4H3,(H3,13,14,15,16). The molecule has 1 aromatic heterocycles. The van der Waals surface area contributed by atoms with Gasteiger partial charge in [-0.25, -0.2) is 9.97 Å². The molecule has 0 radical (unpaired) electrons. The second-order valence-electron chi connectivity index (χ2n) is 4.87. The van der Waals surface area contributed by atoms with Crippen LogP contribution in [-0.2, 0) is 0 Å². The number of nitrogen functional groups attached to an aromatic ring is 1. The lowest BCUT2D eigenvalue weighted by atomic mass is 10.1. The summed E-state index contributed by atoms with van der Waals surface area (Å²) in [5.41, 5.74) is 5.74. The van der Waals surface area contributed by atoms with Crippen LogP contribution in [0.5, 0.6) is 0 Å². The van der Waals surface area contributed by atoms with Crippen molar-refractivity contribution < 1.29 is 5.11 Å². The van der Waals surface area contributed by atoms with Crippen molar-refractivity contribution in [1.82, 2.24) is 9.97 Å². The Morgan fingerprint density at radius 3 is 2.41 bits per heavy atom. The van der Waals surface area contributed by atoms with Gasteiger partial charge in [-0.2, -0.15) is 0 Å². The maximum Gasteiger partial charge on any atom is 0.135 e. The van der Waals surface area contributed by atoms with E-state index in [1.807, 2.05) is 27.7 Å². The van der Waals surface area contributed by atoms with Gasteiger partial charge in [-0.1, -0.05) is 27.7 Å². The predicted molar refractivity (Wildman–Crippen MR) is 69.9 cm³/mol. The van der Waals surface area contributed by atoms with Crippen molar-refractivity contribution in [3.8, 4) is 0 Å². The van der Waals surface area contributed by atoms with Gasteiger partial charge < -0.3 is 16.2 Å². The lowest BCUT2D eigenvalue weighted by Crippen LogP contribution is -2.30. The van der Waals surface area contributed by atoms with Crippen molar-refractivity contribution in [2.75, 3.05) is 17.7 Å². The van der Waals surface area contributed by atoms with Crippen molar-refractivity contribution in [1.29, 1.82) is 0 Å². The van der Waals surface area contributed by atoms with E-state index in [1.165, 1.54) is 0 Å². The highest BCUT2D eigenvalue weighted by molar-refractivity contribution is 5.45. The van der Waals surface area contributed by atoms with Gasteiger partial charge in [0.15, 0.2) is 0 Å². The summed E-state index contributed by atoms with van der Waals surface area (Å²) in [6.07, 6.45) is 0. The first-order valence-electron chi connectivity index (χ1n) is 5.96. The van der Waals surface area contributed by atoms with Gasteiger partial charge in [0.05, 0.1) is 12.6 Å². The molecule has 0 saturated heterocycles. The van der Waals surface area contributed by atoms with Gasteiger partial charge in [-0.15, -0.1) is 0 Å². The molecule has 0 amide bonds. The van der Waals surface area contributed by atoms with Crippen LogP contribution in [0.25, 0.3) is 0 Å². The van der Waals surface area contributed by atoms with Crippen molar-refractivity contribution in [2.45, 2.75) is 39.7 Å². The molecule has 0 aliphatic carbocycles. The molecule has 0 aromatic carbocycles. The number of aliphatic hydroxyl groups is 1. The Morgan fingerprint density at radius 1 is 1.29 bits per heavy atom. The average molecular weight is 238 g/mol. The van der Waals surface area contributed by atoms with E-state index < -0.39 is 0 Å². The molecular formula is C12H22N4O. The maximum absolute atomic E-state index is 9.27. The fraction of sp³-hybridized carbons (Fsp3) is 0.667. The topological polar surface area (TPSA) is 84.1 Å². The van der Waals surface area contributed by atoms with Gasteiger partial charge in [0.25, 0.3) is 0 Å². The molecule has 1 aromatic rings. The second kappa shape index (κ2) is 5.82. The van der Waals surface area contributed by atoms with Gasteiger partial charge >= 0.3 is 0 Å². The van der Waals surface area contributed by atoms with E-state index in [0.29, 0.717) is 23.4 Å². The molecule has 5 nitrogen and oxygen atoms in total. The summed E-state index contributed by atoms with van der Waals surface area (Å²) in [5, 5.41) is 12.5. The van der Waals surface area contributed by atoms with E-state index in [2.05, 4.69) is 15.3 Å². The number of aromatic nitrogens is 2. The minimum atomic E-state index is -0.0238. The van der Waals surface area contributed by atoms with Crippen molar-refractivity contribution in [3.63, 3.8) is 0 Å². The molecule has 0 aliphatic heterocycles. The molecule has 1 unspecified atom stereocenters. The highest BCUT2D eigenvalue weighted by Gasteiger charge is 2.14. The molecule has 4 N–H and O–H groups in total. The minimum Gasteiger partial charge on any atom is -0.394 e. The lowest BCUT2D eigenvalue weighted by Gasteiger charge is -2.21. The molecule has 0 saturated carbocycles. The summed E-state index contributed by atoms with van der Waals surface area (Å²) in [4.78, 5) is 8.57. The zero-order valence-electron chi connectivity index (χ0n) is 10.9. The summed E-state index contributed by atoms with van der Waals surface area (Å²) in [5.74, 6) is 2.39. The Kier molecular flexibility index (Phi) is 4.69. The van der Waals surface area contributed by atoms with Gasteiger partial charge in [-0.3, -0.25) is 0 Å². The van der Waals surface area contributed by atoms with Crippen LogP contribution in [-0.4, -0.2) is 27.7 Å². The minimum absolute atomic E-state index is 0.0238. The average Bonchev–Trinajstić information content (AvgIpc) is 2.24. The van der Waals surface area contributed by atoms with E-state index in [0.717, 1.165) is 0 Å². The Balaban J connectivity index is 2.90. The maximum atomic E-state index is 9.27. The van der Waals surface area contributed by atoms with Crippen LogP contribution in [0.4, 0.5) is 11.6 Å². The third kappa shape index (κ3) is 3.85. The molecule has 17 heavy (non-hydrogen) atoms. The van der Waals surface area contributed by atoms with Crippen LogP contribution in [0.2, 0.25) is 0 Å². The molecule has 1 atom stereocenters. The summed E-state index contributed by atoms with van der Waals surface area (Å²) in [6, 6.07) is 1.67. The van der Waals surface area contributed by atoms with Gasteiger partial charge in [0.2, 0.25) is 0 Å². The Hall–Kier alpha value is -1.36. The van der Waals surface area contributed by atoms with E-state index >= 15 is 0 Å². The van der Waals surface area contributed by atoms with Crippen LogP contribution in [0.3, 0.4) is 0 Å². The fourth-order valence-electron chi connectivity index (χ4n) is 1.43. The number of rotatable bonds is 5. The number of nitrogens with one attached hydrogen (secondary N) is 1. The van der Waals surface area contributed by atoms with Crippen molar-refractivity contribution in [2.24, 2.45) is 5.92 Å². The number of hydrogen-bond acceptors (Lipinski definition) is 5. The molecular weight excluding hydrogens is 216 g/mol. The molecule has 0 fully saturated rings. The number of nitrogens with zero attached hydrogens (tertiary/aromatic N) is 2. The third-order valence-corrected chi connectivity index (χ3v) is 2.61. The molecule has 5 heteroatoms. The van der Waals surface area contributed by atoms with E-state index in [4.69, 9.17) is 5.73 Å². The predicted octanol–water partition coefficient (Wildman–Crippen LogP) is 1.61. The summed E-state index contributed by atoms with van der Waals surface area (Å²) in [6.45, 7) is 8.19. The Labute approximate surface area is 102 Å². The first-order valence-corrected chi connectivity index (χ1v) is 5.96. The van der Waals surface area contributed by atoms with E-state index in [-0.39, 0.29) is 18.6 Å². The number of anilines is 2. The van der Waals surface area contributed by atoms with Crippen LogP contribution in [0, 0.1) is 5.92 Å². The molecule has 0 spiro atoms. The molecule has 1 rings (SSSR count). The Morgan fingerprint density at radius 2 is 1.94 bits per heavy atom. The second-order valence-corrected chi connectivity index (χ2v) is 4.87. The van der Waals surface area contributed by atoms with Gasteiger partial charge in [0.1, 0.15) is 17.5 Å². The highest BCUT2D eigenvalue weighted by atomic mass is 16.3. The first-order chi connectivity index (χ1) is 7.93. The van der Waals surface area contributed by atoms with Gasteiger partial charge in [0, 0.05) is 12.0 Å². The zero-order chi connectivity index (χ0) is 13.0. The molecule has 96 valence electrons. The molecule has 0 bridgehead atoms. The van der Waals surface area contributed by atoms with Crippen LogP contribution in [0.15, 0.2) is 6.07 Å². The number of nitrogens with two attached hydrogens (primary N) is 1. The highest BCUT2D eigenvalue weighted by Crippen LogP contribution is 2.17. The van der Waals surface area contributed by atoms with Crippen molar-refractivity contribution in [3.05, 3.63) is 11.9 Å². The van der Waals surface area contributed by atoms with Crippen LogP contribution < -0.4 is 11.1 Å². The van der Waals surface area contributed by atoms with Crippen LogP contribution in [0.1, 0.15) is 39.4 Å². The Bertz CT molecular complexity index is 366. The number of aliphatic hydroxyl groups excluding tert-OH is 1. The van der Waals surface area contributed by atoms with Crippen LogP contribution >= 0.6 is 0 Å². The largest absolute Gasteiger partial charge is 0.394 e. The van der Waals surface area contributed by atoms with E-state index in [9.17, 15) is 5.11 Å². The SMILES string of the molecule is CC(C)c1nc(N)cc(NC(CO)C(C)C)n1. The third-order valence-electron chi connectivity index (χ3n) is 2.61. The molecule has 1 heterocycles. The zero-order valence-corrected chi connectivity index (χ0v) is 10.9. The first kappa shape index (κ1) is 13.7. The normalized spacial score (nSPS) is 13.1. The lowest BCUT2D eigenvalue weighted by molar-refractivity contribution is 0.249. The fourth-order valence-corrected chi connectivity index (χ4v) is 1.43. The van der Waals surface area contributed by atoms with Gasteiger partial charge in [-0.05, 0) is 5.92 Å². The number of hydrogen-bond donors (Lipinski definition) is 3.